The highest BCUT2D eigenvalue weighted by molar-refractivity contribution is 5.89. The van der Waals surface area contributed by atoms with Gasteiger partial charge in [-0.1, -0.05) is 12.1 Å². The molecule has 0 radical (unpaired) electrons. The Morgan fingerprint density at radius 2 is 1.81 bits per heavy atom. The van der Waals surface area contributed by atoms with E-state index in [9.17, 15) is 18.0 Å². The molecule has 0 unspecified atom stereocenters. The summed E-state index contributed by atoms with van der Waals surface area (Å²) in [7, 11) is 0. The van der Waals surface area contributed by atoms with Gasteiger partial charge in [0.2, 0.25) is 0 Å². The highest BCUT2D eigenvalue weighted by atomic mass is 19.4. The van der Waals surface area contributed by atoms with Gasteiger partial charge in [0.05, 0.1) is 28.7 Å². The van der Waals surface area contributed by atoms with Crippen LogP contribution in [0.3, 0.4) is 0 Å². The molecule has 4 nitrogen and oxygen atoms in total. The number of carboxylic acids is 1. The number of hydrogen-bond donors (Lipinski definition) is 1. The van der Waals surface area contributed by atoms with E-state index in [0.29, 0.717) is 17.1 Å². The van der Waals surface area contributed by atoms with Gasteiger partial charge < -0.3 is 9.67 Å². The number of rotatable bonds is 4. The van der Waals surface area contributed by atoms with E-state index in [2.05, 4.69) is 4.99 Å². The minimum atomic E-state index is -4.42. The maximum absolute atomic E-state index is 12.9. The van der Waals surface area contributed by atoms with Crippen LogP contribution in [0.25, 0.3) is 5.69 Å². The molecule has 1 N–H and O–H groups in total. The average Bonchev–Trinajstić information content (AvgIpc) is 3.08. The van der Waals surface area contributed by atoms with Crippen LogP contribution in [0.1, 0.15) is 21.6 Å². The highest BCUT2D eigenvalue weighted by Gasteiger charge is 2.30. The van der Waals surface area contributed by atoms with Crippen molar-refractivity contribution in [3.8, 4) is 5.69 Å². The quantitative estimate of drug-likeness (QED) is 0.671. The fraction of sp³-hybridized carbons (Fsp3) is 0.0526. The number of aliphatic imine (C=N–C) groups is 1. The van der Waals surface area contributed by atoms with Crippen LogP contribution < -0.4 is 0 Å². The number of hydrogen-bond acceptors (Lipinski definition) is 2. The Hall–Kier alpha value is -3.35. The minimum Gasteiger partial charge on any atom is -0.478 e. The number of benzene rings is 2. The predicted octanol–water partition coefficient (Wildman–Crippen LogP) is 4.94. The molecule has 2 aromatic carbocycles. The van der Waals surface area contributed by atoms with E-state index in [-0.39, 0.29) is 5.56 Å². The van der Waals surface area contributed by atoms with Gasteiger partial charge in [-0.2, -0.15) is 13.2 Å². The molecule has 3 aromatic rings. The average molecular weight is 358 g/mol. The molecule has 3 rings (SSSR count). The standard InChI is InChI=1S/C19H13F3N2O2/c20-19(21,22)14-5-2-7-16(11-14)24-9-3-8-17(24)12-23-15-6-1-4-13(10-15)18(25)26/h1-12H,(H,25,26). The van der Waals surface area contributed by atoms with Crippen LogP contribution in [-0.2, 0) is 6.18 Å². The number of alkyl halides is 3. The Morgan fingerprint density at radius 3 is 2.54 bits per heavy atom. The van der Waals surface area contributed by atoms with Gasteiger partial charge in [0.1, 0.15) is 0 Å². The number of aromatic nitrogens is 1. The van der Waals surface area contributed by atoms with Crippen molar-refractivity contribution in [1.29, 1.82) is 0 Å². The van der Waals surface area contributed by atoms with Crippen molar-refractivity contribution in [3.05, 3.63) is 83.7 Å². The molecule has 0 fully saturated rings. The zero-order valence-corrected chi connectivity index (χ0v) is 13.3. The van der Waals surface area contributed by atoms with Crippen LogP contribution in [0.4, 0.5) is 18.9 Å². The van der Waals surface area contributed by atoms with Crippen LogP contribution >= 0.6 is 0 Å². The van der Waals surface area contributed by atoms with E-state index < -0.39 is 17.7 Å². The van der Waals surface area contributed by atoms with Crippen LogP contribution in [-0.4, -0.2) is 21.9 Å². The molecule has 0 amide bonds. The molecule has 26 heavy (non-hydrogen) atoms. The van der Waals surface area contributed by atoms with Gasteiger partial charge in [-0.15, -0.1) is 0 Å². The summed E-state index contributed by atoms with van der Waals surface area (Å²) in [6.07, 6.45) is -1.32. The van der Waals surface area contributed by atoms with E-state index in [1.165, 1.54) is 24.4 Å². The summed E-state index contributed by atoms with van der Waals surface area (Å²) < 4.78 is 40.3. The van der Waals surface area contributed by atoms with Crippen molar-refractivity contribution in [2.75, 3.05) is 0 Å². The van der Waals surface area contributed by atoms with Crippen LogP contribution in [0, 0.1) is 0 Å². The Balaban J connectivity index is 1.92. The van der Waals surface area contributed by atoms with E-state index >= 15 is 0 Å². The second-order valence-electron chi connectivity index (χ2n) is 5.46. The zero-order valence-electron chi connectivity index (χ0n) is 13.3. The lowest BCUT2D eigenvalue weighted by molar-refractivity contribution is -0.137. The first-order valence-electron chi connectivity index (χ1n) is 7.57. The largest absolute Gasteiger partial charge is 0.478 e. The molecule has 0 atom stereocenters. The lowest BCUT2D eigenvalue weighted by Crippen LogP contribution is -2.06. The fourth-order valence-electron chi connectivity index (χ4n) is 2.43. The maximum Gasteiger partial charge on any atom is 0.416 e. The van der Waals surface area contributed by atoms with Crippen molar-refractivity contribution in [3.63, 3.8) is 0 Å². The topological polar surface area (TPSA) is 54.6 Å². The Labute approximate surface area is 146 Å². The predicted molar refractivity (Wildman–Crippen MR) is 91.4 cm³/mol. The SMILES string of the molecule is O=C(O)c1cccc(N=Cc2cccn2-c2cccc(C(F)(F)F)c2)c1. The van der Waals surface area contributed by atoms with E-state index in [4.69, 9.17) is 5.11 Å². The summed E-state index contributed by atoms with van der Waals surface area (Å²) in [5.74, 6) is -1.06. The van der Waals surface area contributed by atoms with Crippen molar-refractivity contribution < 1.29 is 23.1 Å². The fourth-order valence-corrected chi connectivity index (χ4v) is 2.43. The molecule has 0 bridgehead atoms. The van der Waals surface area contributed by atoms with Crippen molar-refractivity contribution in [2.45, 2.75) is 6.18 Å². The first-order chi connectivity index (χ1) is 12.3. The molecule has 0 aliphatic rings. The molecule has 0 spiro atoms. The number of aromatic carboxylic acids is 1. The van der Waals surface area contributed by atoms with Gasteiger partial charge in [0.25, 0.3) is 0 Å². The van der Waals surface area contributed by atoms with Crippen molar-refractivity contribution >= 4 is 17.9 Å². The van der Waals surface area contributed by atoms with Crippen LogP contribution in [0.15, 0.2) is 71.9 Å². The normalized spacial score (nSPS) is 11.8. The van der Waals surface area contributed by atoms with Gasteiger partial charge in [-0.3, -0.25) is 4.99 Å². The third kappa shape index (κ3) is 3.83. The summed E-state index contributed by atoms with van der Waals surface area (Å²) in [6.45, 7) is 0. The molecule has 0 saturated heterocycles. The smallest absolute Gasteiger partial charge is 0.416 e. The number of carbonyl (C=O) groups is 1. The lowest BCUT2D eigenvalue weighted by Gasteiger charge is -2.11. The molecule has 0 aliphatic carbocycles. The molecule has 0 aliphatic heterocycles. The Morgan fingerprint density at radius 1 is 1.04 bits per heavy atom. The van der Waals surface area contributed by atoms with Crippen molar-refractivity contribution in [2.24, 2.45) is 4.99 Å². The minimum absolute atomic E-state index is 0.105. The van der Waals surface area contributed by atoms with Crippen LogP contribution in [0.5, 0.6) is 0 Å². The maximum atomic E-state index is 12.9. The number of carboxylic acid groups (broad SMARTS) is 1. The number of halogens is 3. The first-order valence-corrected chi connectivity index (χ1v) is 7.57. The van der Waals surface area contributed by atoms with E-state index in [1.54, 1.807) is 41.1 Å². The summed E-state index contributed by atoms with van der Waals surface area (Å²) >= 11 is 0. The van der Waals surface area contributed by atoms with E-state index in [1.807, 2.05) is 0 Å². The van der Waals surface area contributed by atoms with Gasteiger partial charge in [-0.05, 0) is 48.5 Å². The second-order valence-corrected chi connectivity index (χ2v) is 5.46. The Kier molecular flexibility index (Phi) is 4.62. The van der Waals surface area contributed by atoms with Gasteiger partial charge in [0, 0.05) is 11.9 Å². The summed E-state index contributed by atoms with van der Waals surface area (Å²) in [5, 5.41) is 9.00. The highest BCUT2D eigenvalue weighted by Crippen LogP contribution is 2.30. The monoisotopic (exact) mass is 358 g/mol. The first kappa shape index (κ1) is 17.5. The third-order valence-corrected chi connectivity index (χ3v) is 3.67. The molecule has 7 heteroatoms. The molecular weight excluding hydrogens is 345 g/mol. The van der Waals surface area contributed by atoms with Gasteiger partial charge >= 0.3 is 12.1 Å². The summed E-state index contributed by atoms with van der Waals surface area (Å²) in [5.41, 5.74) is 0.714. The molecule has 1 aromatic heterocycles. The summed E-state index contributed by atoms with van der Waals surface area (Å²) in [4.78, 5) is 15.2. The lowest BCUT2D eigenvalue weighted by atomic mass is 10.2. The van der Waals surface area contributed by atoms with E-state index in [0.717, 1.165) is 12.1 Å². The zero-order chi connectivity index (χ0) is 18.7. The Bertz CT molecular complexity index is 975. The molecule has 1 heterocycles. The van der Waals surface area contributed by atoms with Crippen molar-refractivity contribution in [1.82, 2.24) is 4.57 Å². The number of nitrogens with zero attached hydrogens (tertiary/aromatic N) is 2. The molecule has 0 saturated carbocycles. The molecular formula is C19H13F3N2O2. The molecule has 132 valence electrons. The van der Waals surface area contributed by atoms with Crippen LogP contribution in [0.2, 0.25) is 0 Å². The second kappa shape index (κ2) is 6.87. The third-order valence-electron chi connectivity index (χ3n) is 3.67. The van der Waals surface area contributed by atoms with Gasteiger partial charge in [0.15, 0.2) is 0 Å². The van der Waals surface area contributed by atoms with Gasteiger partial charge in [-0.25, -0.2) is 4.79 Å². The summed E-state index contributed by atoms with van der Waals surface area (Å²) in [6, 6.07) is 14.4.